The maximum Gasteiger partial charge on any atom is 0.110 e. The van der Waals surface area contributed by atoms with Gasteiger partial charge in [0.1, 0.15) is 5.54 Å². The number of benzene rings is 4. The highest BCUT2D eigenvalue weighted by molar-refractivity contribution is 6.30. The minimum atomic E-state index is -0.495. The molecule has 0 saturated carbocycles. The third-order valence-electron chi connectivity index (χ3n) is 9.06. The van der Waals surface area contributed by atoms with E-state index in [1.807, 2.05) is 12.1 Å². The van der Waals surface area contributed by atoms with Gasteiger partial charge < -0.3 is 4.90 Å². The van der Waals surface area contributed by atoms with E-state index in [0.29, 0.717) is 5.02 Å². The standard InChI is InChI=1S/C41H39ClN4/c1-29-37(39(33-21-23-36(42)24-22-33)27-45(5)31(3)32-15-9-6-10-16-32)25-26-40(43-29)38-28-46(44-30(38)2)41(4,34-17-11-7-12-18-34)35-19-13-8-14-20-35/h6-28,31H,1-5H3/b39-27-/t31-/m1/s1. The molecule has 230 valence electrons. The summed E-state index contributed by atoms with van der Waals surface area (Å²) >= 11 is 6.30. The lowest BCUT2D eigenvalue weighted by molar-refractivity contribution is 0.362. The second-order valence-electron chi connectivity index (χ2n) is 12.0. The molecule has 0 aliphatic heterocycles. The minimum Gasteiger partial charge on any atom is -0.373 e. The lowest BCUT2D eigenvalue weighted by Gasteiger charge is -2.31. The van der Waals surface area contributed by atoms with E-state index in [1.165, 1.54) is 16.7 Å². The van der Waals surface area contributed by atoms with Crippen molar-refractivity contribution in [2.45, 2.75) is 39.3 Å². The van der Waals surface area contributed by atoms with Gasteiger partial charge in [0.25, 0.3) is 0 Å². The first-order chi connectivity index (χ1) is 22.3. The highest BCUT2D eigenvalue weighted by Crippen LogP contribution is 2.36. The van der Waals surface area contributed by atoms with Crippen LogP contribution in [0.25, 0.3) is 16.8 Å². The summed E-state index contributed by atoms with van der Waals surface area (Å²) in [6.07, 6.45) is 4.36. The topological polar surface area (TPSA) is 34.0 Å². The Labute approximate surface area is 277 Å². The Morgan fingerprint density at radius 3 is 1.89 bits per heavy atom. The number of rotatable bonds is 9. The summed E-state index contributed by atoms with van der Waals surface area (Å²) < 4.78 is 2.09. The average Bonchev–Trinajstić information content (AvgIpc) is 3.50. The number of halogens is 1. The van der Waals surface area contributed by atoms with Crippen LogP contribution in [0.5, 0.6) is 0 Å². The predicted molar refractivity (Wildman–Crippen MR) is 191 cm³/mol. The molecule has 0 amide bonds. The van der Waals surface area contributed by atoms with Crippen LogP contribution in [-0.2, 0) is 5.54 Å². The zero-order valence-corrected chi connectivity index (χ0v) is 27.8. The summed E-state index contributed by atoms with van der Waals surface area (Å²) in [6, 6.07) is 44.2. The number of hydrogen-bond acceptors (Lipinski definition) is 3. The Hall–Kier alpha value is -4.93. The molecule has 5 heteroatoms. The highest BCUT2D eigenvalue weighted by atomic mass is 35.5. The van der Waals surface area contributed by atoms with Gasteiger partial charge in [0.15, 0.2) is 0 Å². The van der Waals surface area contributed by atoms with Crippen molar-refractivity contribution >= 4 is 17.2 Å². The summed E-state index contributed by atoms with van der Waals surface area (Å²) in [5.41, 5.74) is 10.1. The number of aryl methyl sites for hydroxylation is 2. The smallest absolute Gasteiger partial charge is 0.110 e. The van der Waals surface area contributed by atoms with Crippen molar-refractivity contribution in [2.24, 2.45) is 0 Å². The van der Waals surface area contributed by atoms with Crippen LogP contribution in [0.15, 0.2) is 140 Å². The van der Waals surface area contributed by atoms with Crippen molar-refractivity contribution in [1.82, 2.24) is 19.7 Å². The zero-order valence-electron chi connectivity index (χ0n) is 27.0. The van der Waals surface area contributed by atoms with Crippen LogP contribution < -0.4 is 0 Å². The molecule has 0 spiro atoms. The zero-order chi connectivity index (χ0) is 32.3. The fraction of sp³-hybridized carbons (Fsp3) is 0.171. The molecule has 0 saturated heterocycles. The van der Waals surface area contributed by atoms with Gasteiger partial charge in [-0.1, -0.05) is 121 Å². The molecule has 0 radical (unpaired) electrons. The molecule has 0 unspecified atom stereocenters. The van der Waals surface area contributed by atoms with Crippen LogP contribution in [-0.4, -0.2) is 26.7 Å². The second-order valence-corrected chi connectivity index (χ2v) is 12.4. The van der Waals surface area contributed by atoms with Crippen molar-refractivity contribution in [3.05, 3.63) is 184 Å². The van der Waals surface area contributed by atoms with Gasteiger partial charge >= 0.3 is 0 Å². The molecule has 1 atom stereocenters. The fourth-order valence-electron chi connectivity index (χ4n) is 6.10. The molecule has 4 aromatic carbocycles. The number of pyridine rings is 1. The van der Waals surface area contributed by atoms with E-state index < -0.39 is 5.54 Å². The van der Waals surface area contributed by atoms with Crippen molar-refractivity contribution in [3.8, 4) is 11.3 Å². The van der Waals surface area contributed by atoms with Crippen LogP contribution in [0.2, 0.25) is 5.02 Å². The lowest BCUT2D eigenvalue weighted by Crippen LogP contribution is -2.33. The molecular weight excluding hydrogens is 584 g/mol. The van der Waals surface area contributed by atoms with E-state index >= 15 is 0 Å². The second kappa shape index (κ2) is 13.2. The van der Waals surface area contributed by atoms with E-state index in [0.717, 1.165) is 39.3 Å². The largest absolute Gasteiger partial charge is 0.373 e. The Kier molecular flexibility index (Phi) is 8.92. The summed E-state index contributed by atoms with van der Waals surface area (Å²) in [4.78, 5) is 7.44. The number of hydrogen-bond donors (Lipinski definition) is 0. The van der Waals surface area contributed by atoms with Crippen LogP contribution in [0.1, 0.15) is 59.1 Å². The summed E-state index contributed by atoms with van der Waals surface area (Å²) in [6.45, 7) is 8.59. The molecule has 0 aliphatic rings. The van der Waals surface area contributed by atoms with Gasteiger partial charge in [-0.3, -0.25) is 9.67 Å². The Morgan fingerprint density at radius 1 is 0.761 bits per heavy atom. The van der Waals surface area contributed by atoms with Gasteiger partial charge in [0.05, 0.1) is 17.4 Å². The van der Waals surface area contributed by atoms with Crippen molar-refractivity contribution in [2.75, 3.05) is 7.05 Å². The monoisotopic (exact) mass is 622 g/mol. The van der Waals surface area contributed by atoms with Crippen LogP contribution in [0.3, 0.4) is 0 Å². The van der Waals surface area contributed by atoms with Crippen LogP contribution in [0.4, 0.5) is 0 Å². The highest BCUT2D eigenvalue weighted by Gasteiger charge is 2.33. The minimum absolute atomic E-state index is 0.188. The Bertz CT molecular complexity index is 1910. The third-order valence-corrected chi connectivity index (χ3v) is 9.31. The van der Waals surface area contributed by atoms with Crippen molar-refractivity contribution in [1.29, 1.82) is 0 Å². The van der Waals surface area contributed by atoms with Gasteiger partial charge in [-0.05, 0) is 68.1 Å². The van der Waals surface area contributed by atoms with Gasteiger partial charge in [0.2, 0.25) is 0 Å². The van der Waals surface area contributed by atoms with Crippen molar-refractivity contribution < 1.29 is 0 Å². The summed E-state index contributed by atoms with van der Waals surface area (Å²) in [7, 11) is 2.12. The fourth-order valence-corrected chi connectivity index (χ4v) is 6.23. The van der Waals surface area contributed by atoms with Gasteiger partial charge in [-0.2, -0.15) is 5.10 Å². The molecule has 0 aliphatic carbocycles. The first-order valence-electron chi connectivity index (χ1n) is 15.7. The first kappa shape index (κ1) is 31.1. The van der Waals surface area contributed by atoms with Gasteiger partial charge in [-0.25, -0.2) is 0 Å². The molecule has 46 heavy (non-hydrogen) atoms. The quantitative estimate of drug-likeness (QED) is 0.161. The molecule has 0 bridgehead atoms. The van der Waals surface area contributed by atoms with E-state index in [9.17, 15) is 0 Å². The average molecular weight is 623 g/mol. The van der Waals surface area contributed by atoms with E-state index in [2.05, 4.69) is 172 Å². The molecule has 0 fully saturated rings. The third kappa shape index (κ3) is 6.14. The predicted octanol–water partition coefficient (Wildman–Crippen LogP) is 10.1. The van der Waals surface area contributed by atoms with Crippen LogP contribution >= 0.6 is 11.6 Å². The van der Waals surface area contributed by atoms with Crippen molar-refractivity contribution in [3.63, 3.8) is 0 Å². The maximum absolute atomic E-state index is 6.30. The molecule has 2 heterocycles. The van der Waals surface area contributed by atoms with Gasteiger partial charge in [0, 0.05) is 46.9 Å². The first-order valence-corrected chi connectivity index (χ1v) is 16.0. The van der Waals surface area contributed by atoms with E-state index in [1.54, 1.807) is 0 Å². The molecule has 4 nitrogen and oxygen atoms in total. The van der Waals surface area contributed by atoms with Gasteiger partial charge in [-0.15, -0.1) is 0 Å². The number of aromatic nitrogens is 3. The molecule has 6 aromatic rings. The summed E-state index contributed by atoms with van der Waals surface area (Å²) in [5.74, 6) is 0. The molecular formula is C41H39ClN4. The Morgan fingerprint density at radius 2 is 1.33 bits per heavy atom. The van der Waals surface area contributed by atoms with E-state index in [4.69, 9.17) is 21.7 Å². The summed E-state index contributed by atoms with van der Waals surface area (Å²) in [5, 5.41) is 5.80. The lowest BCUT2D eigenvalue weighted by atomic mass is 9.85. The molecule has 2 aromatic heterocycles. The molecule has 0 N–H and O–H groups in total. The molecule has 6 rings (SSSR count). The normalized spacial score (nSPS) is 12.6. The Balaban J connectivity index is 1.41. The maximum atomic E-state index is 6.30. The van der Waals surface area contributed by atoms with E-state index in [-0.39, 0.29) is 6.04 Å². The number of nitrogens with zero attached hydrogens (tertiary/aromatic N) is 4. The van der Waals surface area contributed by atoms with Crippen LogP contribution in [0, 0.1) is 13.8 Å². The SMILES string of the molecule is Cc1nc(-c2cn(C(C)(c3ccccc3)c3ccccc3)nc2C)ccc1/C(=C\N(C)[C@H](C)c1ccccc1)c1ccc(Cl)cc1.